The summed E-state index contributed by atoms with van der Waals surface area (Å²) in [6.45, 7) is 1.34. The highest BCUT2D eigenvalue weighted by Crippen LogP contribution is 2.29. The van der Waals surface area contributed by atoms with Crippen LogP contribution in [0.4, 0.5) is 14.5 Å². The van der Waals surface area contributed by atoms with Crippen molar-refractivity contribution in [1.82, 2.24) is 9.97 Å². The van der Waals surface area contributed by atoms with Crippen molar-refractivity contribution < 1.29 is 35.9 Å². The molecule has 2 N–H and O–H groups in total. The molecule has 0 spiro atoms. The summed E-state index contributed by atoms with van der Waals surface area (Å²) in [6, 6.07) is 5.60. The van der Waals surface area contributed by atoms with Crippen LogP contribution in [-0.4, -0.2) is 37.2 Å². The van der Waals surface area contributed by atoms with Crippen molar-refractivity contribution in [2.45, 2.75) is 12.0 Å². The topological polar surface area (TPSA) is 131 Å². The van der Waals surface area contributed by atoms with Crippen LogP contribution in [0.25, 0.3) is 11.0 Å². The maximum Gasteiger partial charge on any atom is 0.341 e. The minimum atomic E-state index is -4.54. The second-order valence-electron chi connectivity index (χ2n) is 6.85. The summed E-state index contributed by atoms with van der Waals surface area (Å²) in [5.41, 5.74) is -1.48. The number of sulfonamides is 1. The number of methoxy groups -OCH3 is 1. The van der Waals surface area contributed by atoms with Crippen LogP contribution in [-0.2, 0) is 14.8 Å². The molecule has 0 aliphatic rings. The number of aromatic amines is 1. The van der Waals surface area contributed by atoms with Crippen molar-refractivity contribution in [3.63, 3.8) is 0 Å². The van der Waals surface area contributed by atoms with E-state index in [1.165, 1.54) is 19.3 Å². The Hall–Kier alpha value is -4.06. The van der Waals surface area contributed by atoms with Crippen molar-refractivity contribution in [2.24, 2.45) is 0 Å². The third kappa shape index (κ3) is 3.84. The number of esters is 1. The van der Waals surface area contributed by atoms with Crippen molar-refractivity contribution in [1.29, 1.82) is 0 Å². The highest BCUT2D eigenvalue weighted by atomic mass is 32.2. The number of aromatic nitrogens is 2. The summed E-state index contributed by atoms with van der Waals surface area (Å²) < 4.78 is 66.6. The Kier molecular flexibility index (Phi) is 5.46. The van der Waals surface area contributed by atoms with E-state index in [0.717, 1.165) is 25.3 Å². The molecule has 1 aromatic carbocycles. The lowest BCUT2D eigenvalue weighted by molar-refractivity contribution is 0.0598. The molecule has 0 atom stereocenters. The molecule has 0 fully saturated rings. The van der Waals surface area contributed by atoms with E-state index in [1.807, 2.05) is 4.72 Å². The molecule has 9 nitrogen and oxygen atoms in total. The summed E-state index contributed by atoms with van der Waals surface area (Å²) in [5.74, 6) is -4.47. The van der Waals surface area contributed by atoms with E-state index in [4.69, 9.17) is 4.42 Å². The molecule has 0 bridgehead atoms. The summed E-state index contributed by atoms with van der Waals surface area (Å²) in [4.78, 5) is 31.4. The first kappa shape index (κ1) is 22.1. The second-order valence-corrected chi connectivity index (χ2v) is 8.46. The van der Waals surface area contributed by atoms with Crippen molar-refractivity contribution in [2.75, 3.05) is 11.8 Å². The minimum absolute atomic E-state index is 0.0365. The minimum Gasteiger partial charge on any atom is -0.465 e. The SMILES string of the molecule is COC(=O)c1cc(S(=O)(=O)Nc2ccc(F)c(C(=O)c3c[nH]c4ncccc34)c2F)oc1C. The van der Waals surface area contributed by atoms with Crippen LogP contribution in [0.1, 0.15) is 32.0 Å². The number of ketones is 1. The molecule has 3 aromatic heterocycles. The number of H-pyrrole nitrogens is 1. The molecule has 33 heavy (non-hydrogen) atoms. The van der Waals surface area contributed by atoms with Crippen LogP contribution >= 0.6 is 0 Å². The number of anilines is 1. The number of fused-ring (bicyclic) bond motifs is 1. The van der Waals surface area contributed by atoms with Gasteiger partial charge in [-0.1, -0.05) is 0 Å². The Morgan fingerprint density at radius 3 is 2.67 bits per heavy atom. The van der Waals surface area contributed by atoms with Crippen molar-refractivity contribution in [3.05, 3.63) is 76.8 Å². The van der Waals surface area contributed by atoms with Gasteiger partial charge in [0.25, 0.3) is 10.0 Å². The average Bonchev–Trinajstić information content (AvgIpc) is 3.39. The van der Waals surface area contributed by atoms with E-state index >= 15 is 4.39 Å². The van der Waals surface area contributed by atoms with Crippen LogP contribution in [0, 0.1) is 18.6 Å². The fourth-order valence-corrected chi connectivity index (χ4v) is 4.27. The van der Waals surface area contributed by atoms with Gasteiger partial charge < -0.3 is 14.1 Å². The van der Waals surface area contributed by atoms with Crippen LogP contribution in [0.3, 0.4) is 0 Å². The lowest BCUT2D eigenvalue weighted by Crippen LogP contribution is -2.16. The van der Waals surface area contributed by atoms with E-state index in [-0.39, 0.29) is 16.9 Å². The number of pyridine rings is 1. The van der Waals surface area contributed by atoms with E-state index in [2.05, 4.69) is 14.7 Å². The van der Waals surface area contributed by atoms with Gasteiger partial charge in [0, 0.05) is 29.4 Å². The zero-order valence-corrected chi connectivity index (χ0v) is 17.9. The summed E-state index contributed by atoms with van der Waals surface area (Å²) >= 11 is 0. The molecule has 0 saturated heterocycles. The number of hydrogen-bond acceptors (Lipinski definition) is 7. The Morgan fingerprint density at radius 1 is 1.18 bits per heavy atom. The van der Waals surface area contributed by atoms with Gasteiger partial charge in [-0.25, -0.2) is 18.6 Å². The molecular formula is C21H15F2N3O6S. The van der Waals surface area contributed by atoms with Crippen LogP contribution < -0.4 is 4.72 Å². The molecular weight excluding hydrogens is 460 g/mol. The highest BCUT2D eigenvalue weighted by molar-refractivity contribution is 7.92. The van der Waals surface area contributed by atoms with Gasteiger partial charge in [0.15, 0.2) is 5.82 Å². The normalized spacial score (nSPS) is 11.5. The van der Waals surface area contributed by atoms with Gasteiger partial charge in [-0.05, 0) is 31.2 Å². The second kappa shape index (κ2) is 8.13. The smallest absolute Gasteiger partial charge is 0.341 e. The maximum absolute atomic E-state index is 15.2. The third-order valence-corrected chi connectivity index (χ3v) is 6.04. The third-order valence-electron chi connectivity index (χ3n) is 4.82. The van der Waals surface area contributed by atoms with E-state index in [0.29, 0.717) is 11.0 Å². The van der Waals surface area contributed by atoms with Gasteiger partial charge in [-0.15, -0.1) is 0 Å². The number of carbonyl (C=O) groups excluding carboxylic acids is 2. The fourth-order valence-electron chi connectivity index (χ4n) is 3.21. The number of furan rings is 1. The van der Waals surface area contributed by atoms with Gasteiger partial charge >= 0.3 is 5.97 Å². The highest BCUT2D eigenvalue weighted by Gasteiger charge is 2.28. The Morgan fingerprint density at radius 2 is 1.94 bits per heavy atom. The number of aryl methyl sites for hydroxylation is 1. The van der Waals surface area contributed by atoms with Crippen molar-refractivity contribution >= 4 is 38.5 Å². The lowest BCUT2D eigenvalue weighted by Gasteiger charge is -2.10. The molecule has 170 valence electrons. The molecule has 3 heterocycles. The number of rotatable bonds is 6. The molecule has 0 aliphatic carbocycles. The Balaban J connectivity index is 1.73. The monoisotopic (exact) mass is 475 g/mol. The molecule has 4 rings (SSSR count). The van der Waals surface area contributed by atoms with Crippen molar-refractivity contribution in [3.8, 4) is 0 Å². The molecule has 0 radical (unpaired) electrons. The quantitative estimate of drug-likeness (QED) is 0.322. The maximum atomic E-state index is 15.2. The molecule has 0 saturated carbocycles. The summed E-state index contributed by atoms with van der Waals surface area (Å²) in [5, 5.41) is -0.353. The molecule has 12 heteroatoms. The van der Waals surface area contributed by atoms with Gasteiger partial charge in [-0.3, -0.25) is 9.52 Å². The van der Waals surface area contributed by atoms with Crippen LogP contribution in [0.15, 0.2) is 52.2 Å². The van der Waals surface area contributed by atoms with Gasteiger partial charge in [0.2, 0.25) is 10.9 Å². The van der Waals surface area contributed by atoms with E-state index in [1.54, 1.807) is 12.1 Å². The zero-order valence-electron chi connectivity index (χ0n) is 17.1. The van der Waals surface area contributed by atoms with Gasteiger partial charge in [0.1, 0.15) is 22.8 Å². The average molecular weight is 475 g/mol. The zero-order chi connectivity index (χ0) is 23.9. The number of nitrogens with one attached hydrogen (secondary N) is 2. The number of ether oxygens (including phenoxy) is 1. The van der Waals surface area contributed by atoms with E-state index in [9.17, 15) is 22.4 Å². The fraction of sp³-hybridized carbons (Fsp3) is 0.0952. The Bertz CT molecular complexity index is 1520. The first-order valence-electron chi connectivity index (χ1n) is 9.30. The van der Waals surface area contributed by atoms with E-state index < -0.39 is 49.8 Å². The van der Waals surface area contributed by atoms with Crippen LogP contribution in [0.2, 0.25) is 0 Å². The molecule has 0 aliphatic heterocycles. The molecule has 0 amide bonds. The molecule has 0 unspecified atom stereocenters. The summed E-state index contributed by atoms with van der Waals surface area (Å²) in [6.07, 6.45) is 2.74. The number of carbonyl (C=O) groups is 2. The first-order chi connectivity index (χ1) is 15.6. The largest absolute Gasteiger partial charge is 0.465 e. The predicted octanol–water partition coefficient (Wildman–Crippen LogP) is 3.56. The lowest BCUT2D eigenvalue weighted by atomic mass is 10.0. The Labute approximate surface area is 185 Å². The number of nitrogens with zero attached hydrogens (tertiary/aromatic N) is 1. The standard InChI is InChI=1S/C21H15F2N3O6S/c1-10-12(21(28)31-2)8-16(32-10)33(29,30)26-15-6-5-14(22)17(18(15)23)19(27)13-9-25-20-11(13)4-3-7-24-20/h3-9,26H,1-2H3,(H,24,25). The number of benzene rings is 1. The molecule has 4 aromatic rings. The first-order valence-corrected chi connectivity index (χ1v) is 10.8. The van der Waals surface area contributed by atoms with Gasteiger partial charge in [-0.2, -0.15) is 8.42 Å². The number of hydrogen-bond donors (Lipinski definition) is 2. The van der Waals surface area contributed by atoms with Gasteiger partial charge in [0.05, 0.1) is 18.4 Å². The summed E-state index contributed by atoms with van der Waals surface area (Å²) in [7, 11) is -3.43. The number of halogens is 2. The predicted molar refractivity (Wildman–Crippen MR) is 111 cm³/mol. The van der Waals surface area contributed by atoms with Crippen LogP contribution in [0.5, 0.6) is 0 Å².